The number of unbranched alkanes of at least 4 members (excludes halogenated alkanes) is 14. The number of ether oxygens (including phenoxy) is 2. The minimum atomic E-state index is -0.800. The lowest BCUT2D eigenvalue weighted by molar-refractivity contribution is -0.161. The van der Waals surface area contributed by atoms with Gasteiger partial charge in [-0.1, -0.05) is 146 Å². The Morgan fingerprint density at radius 3 is 1.46 bits per heavy atom. The van der Waals surface area contributed by atoms with Gasteiger partial charge in [0.1, 0.15) is 6.61 Å². The predicted octanol–water partition coefficient (Wildman–Crippen LogP) is 11.1. The van der Waals surface area contributed by atoms with Crippen LogP contribution in [0.1, 0.15) is 175 Å². The molecule has 0 amide bonds. The molecule has 6 heteroatoms. The van der Waals surface area contributed by atoms with Gasteiger partial charge in [0, 0.05) is 12.8 Å². The molecule has 0 aromatic carbocycles. The summed E-state index contributed by atoms with van der Waals surface area (Å²) in [6.07, 6.45) is 41.6. The molecule has 0 unspecified atom stereocenters. The molecule has 0 rings (SSSR count). The van der Waals surface area contributed by atoms with Crippen LogP contribution < -0.4 is 0 Å². The third-order valence-corrected chi connectivity index (χ3v) is 8.32. The molecule has 0 saturated heterocycles. The van der Waals surface area contributed by atoms with Crippen molar-refractivity contribution in [2.75, 3.05) is 13.2 Å². The number of aliphatic hydroxyl groups is 2. The van der Waals surface area contributed by atoms with Crippen LogP contribution in [0.25, 0.3) is 0 Å². The maximum absolute atomic E-state index is 12.2. The van der Waals surface area contributed by atoms with Crippen LogP contribution in [0, 0.1) is 5.92 Å². The Morgan fingerprint density at radius 2 is 0.979 bits per heavy atom. The van der Waals surface area contributed by atoms with Gasteiger partial charge in [0.25, 0.3) is 0 Å². The Bertz CT molecular complexity index is 841. The van der Waals surface area contributed by atoms with Gasteiger partial charge in [-0.3, -0.25) is 9.59 Å². The molecular weight excluding hydrogens is 600 g/mol. The molecule has 6 nitrogen and oxygen atoms in total. The summed E-state index contributed by atoms with van der Waals surface area (Å²) in [5.41, 5.74) is 0. The zero-order chi connectivity index (χ0) is 35.3. The molecule has 0 aromatic rings. The molecule has 2 N–H and O–H groups in total. The first-order chi connectivity index (χ1) is 23.3. The molecule has 48 heavy (non-hydrogen) atoms. The monoisotopic (exact) mass is 675 g/mol. The molecule has 0 spiro atoms. The minimum absolute atomic E-state index is 0.103. The minimum Gasteiger partial charge on any atom is -0.462 e. The van der Waals surface area contributed by atoms with E-state index in [2.05, 4.69) is 62.5 Å². The maximum Gasteiger partial charge on any atom is 0.306 e. The summed E-state index contributed by atoms with van der Waals surface area (Å²) in [6.45, 7) is 5.98. The smallest absolute Gasteiger partial charge is 0.306 e. The van der Waals surface area contributed by atoms with Crippen LogP contribution in [-0.2, 0) is 19.1 Å². The standard InChI is InChI=1S/C42H74O6/c1-38(2)32-28-24-20-16-12-8-7-11-15-19-23-27-31-35-42(46)48-40(36-43)37-47-41(45)34-30-26-22-18-14-10-6-4-5-9-13-17-21-25-29-33-39(3)44/h5-6,9-10,17-18,21-22,38-40,43-44H,4,7-8,11-16,19-20,23-37H2,1-3H3/b9-5-,10-6-,21-17-,22-18-/t39-,40+/m1/s1. The quantitative estimate of drug-likeness (QED) is 0.0401. The van der Waals surface area contributed by atoms with E-state index in [9.17, 15) is 19.8 Å². The number of carbonyl (C=O) groups excluding carboxylic acids is 2. The molecule has 0 bridgehead atoms. The van der Waals surface area contributed by atoms with E-state index in [-0.39, 0.29) is 31.3 Å². The highest BCUT2D eigenvalue weighted by Crippen LogP contribution is 2.15. The number of aliphatic hydroxyl groups excluding tert-OH is 2. The van der Waals surface area contributed by atoms with Gasteiger partial charge in [-0.05, 0) is 70.6 Å². The normalized spacial score (nSPS) is 13.5. The largest absolute Gasteiger partial charge is 0.462 e. The lowest BCUT2D eigenvalue weighted by atomic mass is 10.0. The zero-order valence-electron chi connectivity index (χ0n) is 31.3. The lowest BCUT2D eigenvalue weighted by Gasteiger charge is -2.15. The zero-order valence-corrected chi connectivity index (χ0v) is 31.3. The van der Waals surface area contributed by atoms with Crippen molar-refractivity contribution in [3.8, 4) is 0 Å². The predicted molar refractivity (Wildman–Crippen MR) is 202 cm³/mol. The molecule has 0 aromatic heterocycles. The fourth-order valence-corrected chi connectivity index (χ4v) is 5.34. The molecule has 2 atom stereocenters. The Labute approximate surface area is 295 Å². The van der Waals surface area contributed by atoms with Crippen molar-refractivity contribution in [3.63, 3.8) is 0 Å². The average Bonchev–Trinajstić information content (AvgIpc) is 3.05. The van der Waals surface area contributed by atoms with E-state index in [1.165, 1.54) is 70.6 Å². The fraction of sp³-hybridized carbons (Fsp3) is 0.762. The first-order valence-electron chi connectivity index (χ1n) is 19.6. The number of rotatable bonds is 34. The lowest BCUT2D eigenvalue weighted by Crippen LogP contribution is -2.28. The van der Waals surface area contributed by atoms with Gasteiger partial charge in [0.05, 0.1) is 12.7 Å². The second-order valence-corrected chi connectivity index (χ2v) is 13.8. The number of hydrogen-bond acceptors (Lipinski definition) is 6. The summed E-state index contributed by atoms with van der Waals surface area (Å²) in [5, 5.41) is 18.8. The van der Waals surface area contributed by atoms with Crippen LogP contribution >= 0.6 is 0 Å². The van der Waals surface area contributed by atoms with E-state index in [0.29, 0.717) is 19.3 Å². The molecule has 0 aliphatic heterocycles. The van der Waals surface area contributed by atoms with Crippen LogP contribution in [-0.4, -0.2) is 47.6 Å². The van der Waals surface area contributed by atoms with Gasteiger partial charge in [-0.15, -0.1) is 0 Å². The Hall–Kier alpha value is -2.18. The van der Waals surface area contributed by atoms with Crippen molar-refractivity contribution in [2.45, 2.75) is 187 Å². The van der Waals surface area contributed by atoms with Gasteiger partial charge in [-0.2, -0.15) is 0 Å². The number of carbonyl (C=O) groups is 2. The summed E-state index contributed by atoms with van der Waals surface area (Å²) in [7, 11) is 0. The van der Waals surface area contributed by atoms with Crippen molar-refractivity contribution in [1.82, 2.24) is 0 Å². The summed E-state index contributed by atoms with van der Waals surface area (Å²) in [5.74, 6) is 0.167. The van der Waals surface area contributed by atoms with Gasteiger partial charge < -0.3 is 19.7 Å². The van der Waals surface area contributed by atoms with Crippen LogP contribution in [0.4, 0.5) is 0 Å². The highest BCUT2D eigenvalue weighted by Gasteiger charge is 2.16. The molecule has 0 aliphatic carbocycles. The summed E-state index contributed by atoms with van der Waals surface area (Å²) < 4.78 is 10.5. The SMILES string of the molecule is CC(C)CCCCCCCCCCCCCCCC(=O)O[C@@H](CO)COC(=O)CCC/C=C\C/C=C\C/C=C\C/C=C\CCC[C@@H](C)O. The molecule has 0 heterocycles. The third kappa shape index (κ3) is 36.7. The van der Waals surface area contributed by atoms with E-state index in [4.69, 9.17) is 9.47 Å². The summed E-state index contributed by atoms with van der Waals surface area (Å²) in [6, 6.07) is 0. The number of allylic oxidation sites excluding steroid dienone is 8. The van der Waals surface area contributed by atoms with E-state index in [1.54, 1.807) is 0 Å². The van der Waals surface area contributed by atoms with Crippen molar-refractivity contribution < 1.29 is 29.3 Å². The van der Waals surface area contributed by atoms with Gasteiger partial charge in [0.2, 0.25) is 0 Å². The van der Waals surface area contributed by atoms with Crippen LogP contribution in [0.15, 0.2) is 48.6 Å². The van der Waals surface area contributed by atoms with Gasteiger partial charge in [0.15, 0.2) is 6.10 Å². The third-order valence-electron chi connectivity index (χ3n) is 8.32. The number of hydrogen-bond donors (Lipinski definition) is 2. The molecule has 278 valence electrons. The van der Waals surface area contributed by atoms with Crippen molar-refractivity contribution in [3.05, 3.63) is 48.6 Å². The fourth-order valence-electron chi connectivity index (χ4n) is 5.34. The number of esters is 2. The highest BCUT2D eigenvalue weighted by atomic mass is 16.6. The molecular formula is C42H74O6. The van der Waals surface area contributed by atoms with Crippen LogP contribution in [0.5, 0.6) is 0 Å². The van der Waals surface area contributed by atoms with Gasteiger partial charge >= 0.3 is 11.9 Å². The van der Waals surface area contributed by atoms with Crippen LogP contribution in [0.3, 0.4) is 0 Å². The Morgan fingerprint density at radius 1 is 0.542 bits per heavy atom. The summed E-state index contributed by atoms with van der Waals surface area (Å²) in [4.78, 5) is 24.2. The van der Waals surface area contributed by atoms with E-state index in [0.717, 1.165) is 70.1 Å². The summed E-state index contributed by atoms with van der Waals surface area (Å²) >= 11 is 0. The van der Waals surface area contributed by atoms with Crippen LogP contribution in [0.2, 0.25) is 0 Å². The average molecular weight is 675 g/mol. The van der Waals surface area contributed by atoms with E-state index < -0.39 is 6.10 Å². The van der Waals surface area contributed by atoms with E-state index >= 15 is 0 Å². The Kier molecular flexibility index (Phi) is 34.5. The van der Waals surface area contributed by atoms with Gasteiger partial charge in [-0.25, -0.2) is 0 Å². The molecule has 0 saturated carbocycles. The van der Waals surface area contributed by atoms with Crippen molar-refractivity contribution in [2.24, 2.45) is 5.92 Å². The topological polar surface area (TPSA) is 93.1 Å². The second kappa shape index (κ2) is 36.1. The highest BCUT2D eigenvalue weighted by molar-refractivity contribution is 5.70. The Balaban J connectivity index is 3.66. The maximum atomic E-state index is 12.2. The van der Waals surface area contributed by atoms with Crippen molar-refractivity contribution in [1.29, 1.82) is 0 Å². The first-order valence-corrected chi connectivity index (χ1v) is 19.6. The second-order valence-electron chi connectivity index (χ2n) is 13.8. The molecule has 0 fully saturated rings. The van der Waals surface area contributed by atoms with Crippen molar-refractivity contribution >= 4 is 11.9 Å². The first kappa shape index (κ1) is 45.8. The molecule has 0 aliphatic rings. The molecule has 0 radical (unpaired) electrons. The van der Waals surface area contributed by atoms with E-state index in [1.807, 2.05) is 6.92 Å².